The SMILES string of the molecule is CC(C)(C)CCNS(=O)(=O)[O-].[K+]. The number of rotatable bonds is 3. The molecule has 0 bridgehead atoms. The first kappa shape index (κ1) is 16.0. The van der Waals surface area contributed by atoms with Crippen molar-refractivity contribution in [3.63, 3.8) is 0 Å². The average molecular weight is 219 g/mol. The Bertz CT molecular complexity index is 207. The predicted octanol–water partition coefficient (Wildman–Crippen LogP) is -2.52. The molecule has 0 saturated carbocycles. The molecule has 0 aliphatic heterocycles. The quantitative estimate of drug-likeness (QED) is 0.421. The molecule has 12 heavy (non-hydrogen) atoms. The first-order valence-corrected chi connectivity index (χ1v) is 4.82. The monoisotopic (exact) mass is 219 g/mol. The first-order chi connectivity index (χ1) is 4.71. The molecule has 0 aromatic rings. The predicted molar refractivity (Wildman–Crippen MR) is 41.8 cm³/mol. The topological polar surface area (TPSA) is 69.2 Å². The van der Waals surface area contributed by atoms with Gasteiger partial charge in [-0.2, -0.15) is 0 Å². The molecule has 68 valence electrons. The number of nitrogens with one attached hydrogen (secondary N) is 1. The minimum atomic E-state index is -4.25. The number of hydrogen-bond donors (Lipinski definition) is 1. The van der Waals surface area contributed by atoms with Crippen LogP contribution in [0.25, 0.3) is 0 Å². The Morgan fingerprint density at radius 2 is 1.75 bits per heavy atom. The molecular weight excluding hydrogens is 205 g/mol. The molecule has 0 rings (SSSR count). The smallest absolute Gasteiger partial charge is 0.735 e. The summed E-state index contributed by atoms with van der Waals surface area (Å²) in [4.78, 5) is 0. The Labute approximate surface area is 117 Å². The Kier molecular flexibility index (Phi) is 8.08. The van der Waals surface area contributed by atoms with Crippen molar-refractivity contribution in [3.8, 4) is 0 Å². The van der Waals surface area contributed by atoms with Crippen LogP contribution < -0.4 is 56.1 Å². The third kappa shape index (κ3) is 14.1. The zero-order valence-corrected chi connectivity index (χ0v) is 12.0. The van der Waals surface area contributed by atoms with Gasteiger partial charge in [-0.1, -0.05) is 20.8 Å². The second kappa shape index (κ2) is 6.08. The van der Waals surface area contributed by atoms with E-state index in [-0.39, 0.29) is 63.3 Å². The number of hydrogen-bond acceptors (Lipinski definition) is 3. The maximum atomic E-state index is 10.1. The second-order valence-electron chi connectivity index (χ2n) is 3.66. The van der Waals surface area contributed by atoms with Gasteiger partial charge in [0.1, 0.15) is 0 Å². The van der Waals surface area contributed by atoms with Gasteiger partial charge in [-0.15, -0.1) is 0 Å². The van der Waals surface area contributed by atoms with E-state index in [0.29, 0.717) is 6.42 Å². The summed E-state index contributed by atoms with van der Waals surface area (Å²) in [7, 11) is -4.25. The summed E-state index contributed by atoms with van der Waals surface area (Å²) in [6, 6.07) is 0. The zero-order valence-electron chi connectivity index (χ0n) is 8.05. The van der Waals surface area contributed by atoms with Crippen molar-refractivity contribution in [1.82, 2.24) is 4.72 Å². The van der Waals surface area contributed by atoms with Crippen LogP contribution in [0.4, 0.5) is 0 Å². The molecule has 0 saturated heterocycles. The molecule has 4 nitrogen and oxygen atoms in total. The summed E-state index contributed by atoms with van der Waals surface area (Å²) < 4.78 is 32.0. The van der Waals surface area contributed by atoms with E-state index in [4.69, 9.17) is 0 Å². The van der Waals surface area contributed by atoms with Crippen LogP contribution in [-0.2, 0) is 10.3 Å². The second-order valence-corrected chi connectivity index (χ2v) is 4.86. The minimum Gasteiger partial charge on any atom is -0.735 e. The van der Waals surface area contributed by atoms with Crippen molar-refractivity contribution < 1.29 is 64.4 Å². The van der Waals surface area contributed by atoms with Gasteiger partial charge in [-0.25, -0.2) is 13.1 Å². The molecule has 0 aliphatic carbocycles. The fourth-order valence-corrected chi connectivity index (χ4v) is 0.903. The normalized spacial score (nSPS) is 12.3. The van der Waals surface area contributed by atoms with Gasteiger partial charge in [-0.05, 0) is 11.8 Å². The van der Waals surface area contributed by atoms with E-state index in [2.05, 4.69) is 0 Å². The van der Waals surface area contributed by atoms with E-state index in [1.165, 1.54) is 0 Å². The molecule has 0 spiro atoms. The Morgan fingerprint density at radius 1 is 1.33 bits per heavy atom. The maximum absolute atomic E-state index is 10.1. The summed E-state index contributed by atoms with van der Waals surface area (Å²) in [5.41, 5.74) is 0.0533. The summed E-state index contributed by atoms with van der Waals surface area (Å²) in [6.45, 7) is 6.15. The molecular formula is C6H14KNO3S. The maximum Gasteiger partial charge on any atom is 1.00 e. The molecule has 1 N–H and O–H groups in total. The van der Waals surface area contributed by atoms with Crippen LogP contribution in [0.15, 0.2) is 0 Å². The van der Waals surface area contributed by atoms with Crippen LogP contribution in [0.1, 0.15) is 27.2 Å². The summed E-state index contributed by atoms with van der Waals surface area (Å²) in [5.74, 6) is 0. The van der Waals surface area contributed by atoms with Gasteiger partial charge in [-0.3, -0.25) is 0 Å². The van der Waals surface area contributed by atoms with E-state index in [0.717, 1.165) is 0 Å². The van der Waals surface area contributed by atoms with Crippen molar-refractivity contribution in [1.29, 1.82) is 0 Å². The summed E-state index contributed by atoms with van der Waals surface area (Å²) in [5, 5.41) is 0. The molecule has 0 amide bonds. The molecule has 0 aromatic heterocycles. The van der Waals surface area contributed by atoms with Crippen molar-refractivity contribution in [2.45, 2.75) is 27.2 Å². The van der Waals surface area contributed by atoms with Gasteiger partial charge in [0, 0.05) is 6.54 Å². The fraction of sp³-hybridized carbons (Fsp3) is 1.00. The van der Waals surface area contributed by atoms with Crippen molar-refractivity contribution >= 4 is 10.3 Å². The molecule has 0 heterocycles. The van der Waals surface area contributed by atoms with E-state index < -0.39 is 10.3 Å². The molecule has 0 fully saturated rings. The van der Waals surface area contributed by atoms with E-state index in [1.807, 2.05) is 25.5 Å². The van der Waals surface area contributed by atoms with Crippen LogP contribution in [0.5, 0.6) is 0 Å². The van der Waals surface area contributed by atoms with Crippen LogP contribution >= 0.6 is 0 Å². The van der Waals surface area contributed by atoms with E-state index >= 15 is 0 Å². The van der Waals surface area contributed by atoms with E-state index in [9.17, 15) is 13.0 Å². The Hall–Kier alpha value is 1.51. The first-order valence-electron chi connectivity index (χ1n) is 3.41. The van der Waals surface area contributed by atoms with Gasteiger partial charge >= 0.3 is 51.4 Å². The van der Waals surface area contributed by atoms with Crippen LogP contribution in [0, 0.1) is 5.41 Å². The van der Waals surface area contributed by atoms with Gasteiger partial charge in [0.15, 0.2) is 10.3 Å². The molecule has 0 radical (unpaired) electrons. The van der Waals surface area contributed by atoms with Gasteiger partial charge < -0.3 is 4.55 Å². The third-order valence-electron chi connectivity index (χ3n) is 1.15. The van der Waals surface area contributed by atoms with Gasteiger partial charge in [0.25, 0.3) is 0 Å². The standard InChI is InChI=1S/C6H15NO3S.K/c1-6(2,3)4-5-7-11(8,9)10;/h7H,4-5H2,1-3H3,(H,8,9,10);/q;+1/p-1. The van der Waals surface area contributed by atoms with Crippen molar-refractivity contribution in [3.05, 3.63) is 0 Å². The minimum absolute atomic E-state index is 0. The molecule has 0 atom stereocenters. The molecule has 0 unspecified atom stereocenters. The summed E-state index contributed by atoms with van der Waals surface area (Å²) in [6.07, 6.45) is 0.661. The van der Waals surface area contributed by atoms with Gasteiger partial charge in [0.2, 0.25) is 0 Å². The van der Waals surface area contributed by atoms with E-state index in [1.54, 1.807) is 0 Å². The molecule has 0 aromatic carbocycles. The Balaban J connectivity index is 0. The van der Waals surface area contributed by atoms with Crippen molar-refractivity contribution in [2.24, 2.45) is 5.41 Å². The molecule has 6 heteroatoms. The average Bonchev–Trinajstić information content (AvgIpc) is 1.55. The van der Waals surface area contributed by atoms with Crippen molar-refractivity contribution in [2.75, 3.05) is 6.54 Å². The fourth-order valence-electron chi connectivity index (χ4n) is 0.551. The third-order valence-corrected chi connectivity index (χ3v) is 1.71. The van der Waals surface area contributed by atoms with Gasteiger partial charge in [0.05, 0.1) is 0 Å². The Morgan fingerprint density at radius 3 is 2.00 bits per heavy atom. The molecule has 0 aliphatic rings. The van der Waals surface area contributed by atoms with Crippen LogP contribution in [0.3, 0.4) is 0 Å². The summed E-state index contributed by atoms with van der Waals surface area (Å²) >= 11 is 0. The van der Waals surface area contributed by atoms with Crippen LogP contribution in [-0.4, -0.2) is 19.5 Å². The largest absolute Gasteiger partial charge is 1.00 e. The zero-order chi connectivity index (χ0) is 9.12. The van der Waals surface area contributed by atoms with Crippen LogP contribution in [0.2, 0.25) is 0 Å².